The van der Waals surface area contributed by atoms with Crippen molar-refractivity contribution < 1.29 is 4.79 Å². The zero-order valence-electron chi connectivity index (χ0n) is 16.5. The normalized spacial score (nSPS) is 12.3. The highest BCUT2D eigenvalue weighted by Crippen LogP contribution is 2.18. The first-order valence-corrected chi connectivity index (χ1v) is 11.2. The van der Waals surface area contributed by atoms with Crippen LogP contribution in [0.4, 0.5) is 0 Å². The Hall–Kier alpha value is -2.19. The fourth-order valence-electron chi connectivity index (χ4n) is 2.76. The SMILES string of the molecule is CCc1nn2c(=O)cc(CSCC(=O)N[C@H](C)c3ccc(C)c(C)c3)nc2s1. The number of aromatic nitrogens is 3. The van der Waals surface area contributed by atoms with Crippen molar-refractivity contribution in [2.24, 2.45) is 0 Å². The van der Waals surface area contributed by atoms with E-state index in [0.29, 0.717) is 22.2 Å². The Morgan fingerprint density at radius 1 is 1.29 bits per heavy atom. The predicted molar refractivity (Wildman–Crippen MR) is 115 cm³/mol. The lowest BCUT2D eigenvalue weighted by Gasteiger charge is -2.15. The Balaban J connectivity index is 1.55. The van der Waals surface area contributed by atoms with Crippen molar-refractivity contribution in [2.45, 2.75) is 45.9 Å². The number of aryl methyl sites for hydroxylation is 3. The third-order valence-electron chi connectivity index (χ3n) is 4.53. The van der Waals surface area contributed by atoms with E-state index in [1.165, 1.54) is 44.8 Å². The molecule has 1 aromatic carbocycles. The highest BCUT2D eigenvalue weighted by atomic mass is 32.2. The topological polar surface area (TPSA) is 76.4 Å². The van der Waals surface area contributed by atoms with Gasteiger partial charge in [-0.05, 0) is 43.9 Å². The van der Waals surface area contributed by atoms with E-state index in [0.717, 1.165) is 17.0 Å². The molecular weight excluding hydrogens is 392 g/mol. The van der Waals surface area contributed by atoms with E-state index in [1.54, 1.807) is 0 Å². The van der Waals surface area contributed by atoms with Crippen molar-refractivity contribution in [3.05, 3.63) is 62.0 Å². The third-order valence-corrected chi connectivity index (χ3v) is 6.55. The maximum Gasteiger partial charge on any atom is 0.275 e. The van der Waals surface area contributed by atoms with Crippen LogP contribution < -0.4 is 10.9 Å². The minimum absolute atomic E-state index is 0.0282. The first-order valence-electron chi connectivity index (χ1n) is 9.20. The molecule has 0 aliphatic carbocycles. The van der Waals surface area contributed by atoms with Crippen molar-refractivity contribution in [1.82, 2.24) is 19.9 Å². The molecule has 1 atom stereocenters. The summed E-state index contributed by atoms with van der Waals surface area (Å²) in [5.74, 6) is 0.801. The van der Waals surface area contributed by atoms with Gasteiger partial charge in [-0.25, -0.2) is 4.98 Å². The molecule has 148 valence electrons. The lowest BCUT2D eigenvalue weighted by molar-refractivity contribution is -0.119. The fraction of sp³-hybridized carbons (Fsp3) is 0.400. The van der Waals surface area contributed by atoms with E-state index in [-0.39, 0.29) is 17.5 Å². The molecule has 8 heteroatoms. The molecule has 0 bridgehead atoms. The van der Waals surface area contributed by atoms with Gasteiger partial charge in [-0.2, -0.15) is 9.61 Å². The molecule has 1 N–H and O–H groups in total. The van der Waals surface area contributed by atoms with Crippen molar-refractivity contribution in [2.75, 3.05) is 5.75 Å². The summed E-state index contributed by atoms with van der Waals surface area (Å²) in [6.07, 6.45) is 0.774. The molecular formula is C20H24N4O2S2. The number of thioether (sulfide) groups is 1. The predicted octanol–water partition coefficient (Wildman–Crippen LogP) is 3.44. The quantitative estimate of drug-likeness (QED) is 0.638. The molecule has 0 fully saturated rings. The summed E-state index contributed by atoms with van der Waals surface area (Å²) >= 11 is 2.87. The van der Waals surface area contributed by atoms with Gasteiger partial charge in [0, 0.05) is 11.8 Å². The molecule has 0 unspecified atom stereocenters. The number of rotatable bonds is 7. The van der Waals surface area contributed by atoms with Crippen LogP contribution in [-0.4, -0.2) is 26.3 Å². The molecule has 3 aromatic rings. The van der Waals surface area contributed by atoms with Gasteiger partial charge < -0.3 is 5.32 Å². The van der Waals surface area contributed by atoms with Crippen LogP contribution in [0, 0.1) is 13.8 Å². The van der Waals surface area contributed by atoms with Crippen LogP contribution in [0.5, 0.6) is 0 Å². The summed E-state index contributed by atoms with van der Waals surface area (Å²) in [5.41, 5.74) is 4.06. The molecule has 0 radical (unpaired) electrons. The Bertz CT molecular complexity index is 1060. The number of hydrogen-bond donors (Lipinski definition) is 1. The standard InChI is InChI=1S/C20H24N4O2S2/c1-5-18-23-24-19(26)9-16(22-20(24)28-18)10-27-11-17(25)21-14(4)15-7-6-12(2)13(3)8-15/h6-9,14H,5,10-11H2,1-4H3,(H,21,25)/t14-/m1/s1. The van der Waals surface area contributed by atoms with Crippen LogP contribution >= 0.6 is 23.1 Å². The maximum absolute atomic E-state index is 12.3. The minimum atomic E-state index is -0.177. The van der Waals surface area contributed by atoms with Crippen LogP contribution in [0.15, 0.2) is 29.1 Å². The van der Waals surface area contributed by atoms with Gasteiger partial charge in [0.2, 0.25) is 10.9 Å². The Morgan fingerprint density at radius 2 is 2.07 bits per heavy atom. The number of hydrogen-bond acceptors (Lipinski definition) is 6. The highest BCUT2D eigenvalue weighted by Gasteiger charge is 2.12. The van der Waals surface area contributed by atoms with Gasteiger partial charge in [0.05, 0.1) is 17.5 Å². The van der Waals surface area contributed by atoms with Crippen LogP contribution in [0.2, 0.25) is 0 Å². The largest absolute Gasteiger partial charge is 0.349 e. The molecule has 0 saturated heterocycles. The van der Waals surface area contributed by atoms with E-state index in [2.05, 4.69) is 41.4 Å². The molecule has 2 heterocycles. The second-order valence-electron chi connectivity index (χ2n) is 6.76. The number of carbonyl (C=O) groups excluding carboxylic acids is 1. The zero-order valence-corrected chi connectivity index (χ0v) is 18.1. The summed E-state index contributed by atoms with van der Waals surface area (Å²) in [5, 5.41) is 8.15. The molecule has 28 heavy (non-hydrogen) atoms. The van der Waals surface area contributed by atoms with Crippen molar-refractivity contribution in [1.29, 1.82) is 0 Å². The molecule has 6 nitrogen and oxygen atoms in total. The summed E-state index contributed by atoms with van der Waals surface area (Å²) in [4.78, 5) is 29.5. The van der Waals surface area contributed by atoms with Crippen LogP contribution in [0.25, 0.3) is 4.96 Å². The minimum Gasteiger partial charge on any atom is -0.349 e. The average molecular weight is 417 g/mol. The van der Waals surface area contributed by atoms with Gasteiger partial charge in [0.25, 0.3) is 5.56 Å². The van der Waals surface area contributed by atoms with E-state index in [4.69, 9.17) is 0 Å². The van der Waals surface area contributed by atoms with E-state index in [1.807, 2.05) is 19.9 Å². The molecule has 0 aliphatic rings. The van der Waals surface area contributed by atoms with Crippen molar-refractivity contribution in [3.63, 3.8) is 0 Å². The van der Waals surface area contributed by atoms with Crippen molar-refractivity contribution >= 4 is 34.0 Å². The van der Waals surface area contributed by atoms with Gasteiger partial charge >= 0.3 is 0 Å². The number of benzene rings is 1. The number of amides is 1. The van der Waals surface area contributed by atoms with E-state index < -0.39 is 0 Å². The number of carbonyl (C=O) groups is 1. The molecule has 1 amide bonds. The lowest BCUT2D eigenvalue weighted by Crippen LogP contribution is -2.28. The Morgan fingerprint density at radius 3 is 2.79 bits per heavy atom. The Kier molecular flexibility index (Phi) is 6.51. The highest BCUT2D eigenvalue weighted by molar-refractivity contribution is 7.99. The van der Waals surface area contributed by atoms with E-state index in [9.17, 15) is 9.59 Å². The van der Waals surface area contributed by atoms with Gasteiger partial charge in [-0.1, -0.05) is 36.5 Å². The summed E-state index contributed by atoms with van der Waals surface area (Å²) in [7, 11) is 0. The molecule has 0 aliphatic heterocycles. The lowest BCUT2D eigenvalue weighted by atomic mass is 10.0. The number of nitrogens with zero attached hydrogens (tertiary/aromatic N) is 3. The maximum atomic E-state index is 12.3. The summed E-state index contributed by atoms with van der Waals surface area (Å²) in [6.45, 7) is 8.13. The molecule has 3 rings (SSSR count). The fourth-order valence-corrected chi connectivity index (χ4v) is 4.35. The Labute approximate surface area is 172 Å². The number of fused-ring (bicyclic) bond motifs is 1. The van der Waals surface area contributed by atoms with Crippen molar-refractivity contribution in [3.8, 4) is 0 Å². The van der Waals surface area contributed by atoms with Gasteiger partial charge in [0.15, 0.2) is 0 Å². The van der Waals surface area contributed by atoms with Crippen LogP contribution in [0.1, 0.15) is 47.3 Å². The van der Waals surface area contributed by atoms with Gasteiger partial charge in [-0.3, -0.25) is 9.59 Å². The molecule has 0 spiro atoms. The third kappa shape index (κ3) is 4.80. The molecule has 2 aromatic heterocycles. The second kappa shape index (κ2) is 8.87. The van der Waals surface area contributed by atoms with E-state index >= 15 is 0 Å². The average Bonchev–Trinajstić information content (AvgIpc) is 3.08. The number of nitrogens with one attached hydrogen (secondary N) is 1. The van der Waals surface area contributed by atoms with Crippen LogP contribution in [0.3, 0.4) is 0 Å². The molecule has 0 saturated carbocycles. The summed E-state index contributed by atoms with van der Waals surface area (Å²) < 4.78 is 1.34. The summed E-state index contributed by atoms with van der Waals surface area (Å²) in [6, 6.07) is 7.68. The van der Waals surface area contributed by atoms with Gasteiger partial charge in [0.1, 0.15) is 5.01 Å². The zero-order chi connectivity index (χ0) is 20.3. The first-order chi connectivity index (χ1) is 13.4. The van der Waals surface area contributed by atoms with Gasteiger partial charge in [-0.15, -0.1) is 11.8 Å². The monoisotopic (exact) mass is 416 g/mol. The van der Waals surface area contributed by atoms with Crippen LogP contribution in [-0.2, 0) is 17.0 Å². The second-order valence-corrected chi connectivity index (χ2v) is 8.78. The first kappa shape index (κ1) is 20.5. The smallest absolute Gasteiger partial charge is 0.275 e.